The van der Waals surface area contributed by atoms with Gasteiger partial charge in [-0.1, -0.05) is 30.3 Å². The number of fused-ring (bicyclic) bond motifs is 1. The molecule has 0 spiro atoms. The molecule has 3 heterocycles. The van der Waals surface area contributed by atoms with Crippen LogP contribution in [0.15, 0.2) is 77.7 Å². The Morgan fingerprint density at radius 1 is 0.909 bits per heavy atom. The first-order valence-corrected chi connectivity index (χ1v) is 11.1. The quantitative estimate of drug-likeness (QED) is 0.489. The molecular weight excluding hydrogens is 414 g/mol. The molecule has 7 heteroatoms. The van der Waals surface area contributed by atoms with E-state index in [1.54, 1.807) is 17.7 Å². The molecule has 0 aliphatic carbocycles. The lowest BCUT2D eigenvalue weighted by molar-refractivity contribution is 0.0746. The third-order valence-corrected chi connectivity index (χ3v) is 6.10. The molecule has 1 saturated heterocycles. The highest BCUT2D eigenvalue weighted by atomic mass is 16.2. The summed E-state index contributed by atoms with van der Waals surface area (Å²) in [6, 6.07) is 21.1. The van der Waals surface area contributed by atoms with Gasteiger partial charge in [0.05, 0.1) is 17.6 Å². The van der Waals surface area contributed by atoms with E-state index in [-0.39, 0.29) is 11.5 Å². The normalized spacial score (nSPS) is 14.0. The standard InChI is InChI=1S/C26H25N5O2/c1-19-25(32)31(23-7-3-2-6-22(23)28-19)18-20-9-11-21(12-10-20)26(33)30-16-14-29(15-17-30)24-8-4-5-13-27-24/h2-13H,14-18H2,1H3. The van der Waals surface area contributed by atoms with Crippen LogP contribution in [0.5, 0.6) is 0 Å². The molecule has 1 fully saturated rings. The van der Waals surface area contributed by atoms with E-state index in [4.69, 9.17) is 0 Å². The Kier molecular flexibility index (Phi) is 5.60. The Morgan fingerprint density at radius 2 is 1.64 bits per heavy atom. The molecule has 0 bridgehead atoms. The van der Waals surface area contributed by atoms with Crippen LogP contribution in [0.25, 0.3) is 11.0 Å². The van der Waals surface area contributed by atoms with Crippen molar-refractivity contribution in [3.05, 3.63) is 100 Å². The van der Waals surface area contributed by atoms with Crippen LogP contribution in [0.3, 0.4) is 0 Å². The maximum atomic E-state index is 13.0. The first-order chi connectivity index (χ1) is 16.1. The van der Waals surface area contributed by atoms with Gasteiger partial charge in [0, 0.05) is 37.9 Å². The number of nitrogens with zero attached hydrogens (tertiary/aromatic N) is 5. The zero-order valence-electron chi connectivity index (χ0n) is 18.5. The first-order valence-electron chi connectivity index (χ1n) is 11.1. The second-order valence-corrected chi connectivity index (χ2v) is 8.24. The van der Waals surface area contributed by atoms with Gasteiger partial charge < -0.3 is 14.4 Å². The van der Waals surface area contributed by atoms with Gasteiger partial charge in [0.25, 0.3) is 11.5 Å². The second-order valence-electron chi connectivity index (χ2n) is 8.24. The number of rotatable bonds is 4. The number of amides is 1. The third kappa shape index (κ3) is 4.22. The molecule has 5 rings (SSSR count). The molecule has 2 aromatic carbocycles. The van der Waals surface area contributed by atoms with Crippen LogP contribution in [0.1, 0.15) is 21.6 Å². The Bertz CT molecular complexity index is 1340. The lowest BCUT2D eigenvalue weighted by Crippen LogP contribution is -2.49. The molecule has 2 aromatic heterocycles. The monoisotopic (exact) mass is 439 g/mol. The van der Waals surface area contributed by atoms with E-state index in [1.165, 1.54) is 0 Å². The minimum Gasteiger partial charge on any atom is -0.353 e. The van der Waals surface area contributed by atoms with Crippen LogP contribution >= 0.6 is 0 Å². The van der Waals surface area contributed by atoms with Crippen molar-refractivity contribution in [1.29, 1.82) is 0 Å². The van der Waals surface area contributed by atoms with Crippen molar-refractivity contribution in [2.75, 3.05) is 31.1 Å². The average molecular weight is 440 g/mol. The fraction of sp³-hybridized carbons (Fsp3) is 0.231. The molecule has 0 radical (unpaired) electrons. The highest BCUT2D eigenvalue weighted by Gasteiger charge is 2.22. The summed E-state index contributed by atoms with van der Waals surface area (Å²) in [5.74, 6) is 0.979. The lowest BCUT2D eigenvalue weighted by atomic mass is 10.1. The van der Waals surface area contributed by atoms with Gasteiger partial charge in [-0.15, -0.1) is 0 Å². The highest BCUT2D eigenvalue weighted by molar-refractivity contribution is 5.94. The molecule has 4 aromatic rings. The van der Waals surface area contributed by atoms with Crippen molar-refractivity contribution >= 4 is 22.8 Å². The van der Waals surface area contributed by atoms with Crippen LogP contribution in [-0.2, 0) is 6.54 Å². The van der Waals surface area contributed by atoms with Crippen LogP contribution in [0.2, 0.25) is 0 Å². The molecule has 0 saturated carbocycles. The van der Waals surface area contributed by atoms with E-state index >= 15 is 0 Å². The number of carbonyl (C=O) groups excluding carboxylic acids is 1. The maximum Gasteiger partial charge on any atom is 0.272 e. The molecule has 1 amide bonds. The first kappa shape index (κ1) is 20.9. The molecule has 33 heavy (non-hydrogen) atoms. The molecule has 166 valence electrons. The van der Waals surface area contributed by atoms with E-state index < -0.39 is 0 Å². The predicted octanol–water partition coefficient (Wildman–Crippen LogP) is 3.11. The number of benzene rings is 2. The minimum atomic E-state index is -0.0976. The van der Waals surface area contributed by atoms with Crippen molar-refractivity contribution in [2.24, 2.45) is 0 Å². The number of aromatic nitrogens is 3. The largest absolute Gasteiger partial charge is 0.353 e. The van der Waals surface area contributed by atoms with Crippen LogP contribution in [-0.4, -0.2) is 51.5 Å². The summed E-state index contributed by atoms with van der Waals surface area (Å²) in [5.41, 5.74) is 3.60. The van der Waals surface area contributed by atoms with E-state index in [9.17, 15) is 9.59 Å². The lowest BCUT2D eigenvalue weighted by Gasteiger charge is -2.35. The molecule has 0 N–H and O–H groups in total. The van der Waals surface area contributed by atoms with Crippen molar-refractivity contribution in [2.45, 2.75) is 13.5 Å². The van der Waals surface area contributed by atoms with Gasteiger partial charge in [-0.05, 0) is 48.9 Å². The summed E-state index contributed by atoms with van der Waals surface area (Å²) < 4.78 is 1.74. The van der Waals surface area contributed by atoms with Gasteiger partial charge >= 0.3 is 0 Å². The van der Waals surface area contributed by atoms with E-state index in [1.807, 2.05) is 71.6 Å². The third-order valence-electron chi connectivity index (χ3n) is 6.10. The van der Waals surface area contributed by atoms with Gasteiger partial charge in [-0.3, -0.25) is 9.59 Å². The molecular formula is C26H25N5O2. The topological polar surface area (TPSA) is 71.3 Å². The van der Waals surface area contributed by atoms with Crippen LogP contribution in [0.4, 0.5) is 5.82 Å². The van der Waals surface area contributed by atoms with Gasteiger partial charge in [-0.25, -0.2) is 9.97 Å². The maximum absolute atomic E-state index is 13.0. The Balaban J connectivity index is 1.29. The fourth-order valence-corrected chi connectivity index (χ4v) is 4.27. The van der Waals surface area contributed by atoms with E-state index in [2.05, 4.69) is 14.9 Å². The number of piperazine rings is 1. The van der Waals surface area contributed by atoms with Crippen molar-refractivity contribution in [1.82, 2.24) is 19.4 Å². The zero-order valence-corrected chi connectivity index (χ0v) is 18.5. The summed E-state index contributed by atoms with van der Waals surface area (Å²) in [7, 11) is 0. The summed E-state index contributed by atoms with van der Waals surface area (Å²) in [4.78, 5) is 38.6. The van der Waals surface area contributed by atoms with Crippen molar-refractivity contribution in [3.8, 4) is 0 Å². The number of aryl methyl sites for hydroxylation is 1. The molecule has 1 aliphatic rings. The van der Waals surface area contributed by atoms with Gasteiger partial charge in [-0.2, -0.15) is 0 Å². The van der Waals surface area contributed by atoms with Crippen molar-refractivity contribution in [3.63, 3.8) is 0 Å². The fourth-order valence-electron chi connectivity index (χ4n) is 4.27. The number of hydrogen-bond donors (Lipinski definition) is 0. The number of pyridine rings is 1. The Labute approximate surface area is 191 Å². The smallest absolute Gasteiger partial charge is 0.272 e. The molecule has 1 aliphatic heterocycles. The zero-order chi connectivity index (χ0) is 22.8. The second kappa shape index (κ2) is 8.86. The summed E-state index contributed by atoms with van der Waals surface area (Å²) in [6.07, 6.45) is 1.79. The number of carbonyl (C=O) groups is 1. The molecule has 0 unspecified atom stereocenters. The van der Waals surface area contributed by atoms with E-state index in [0.717, 1.165) is 35.5 Å². The number of anilines is 1. The van der Waals surface area contributed by atoms with Gasteiger partial charge in [0.1, 0.15) is 11.5 Å². The Morgan fingerprint density at radius 3 is 2.36 bits per heavy atom. The van der Waals surface area contributed by atoms with E-state index in [0.29, 0.717) is 30.9 Å². The molecule has 7 nitrogen and oxygen atoms in total. The summed E-state index contributed by atoms with van der Waals surface area (Å²) >= 11 is 0. The minimum absolute atomic E-state index is 0.0320. The summed E-state index contributed by atoms with van der Waals surface area (Å²) in [5, 5.41) is 0. The van der Waals surface area contributed by atoms with Crippen LogP contribution < -0.4 is 10.5 Å². The van der Waals surface area contributed by atoms with Gasteiger partial charge in [0.2, 0.25) is 0 Å². The number of para-hydroxylation sites is 2. The highest BCUT2D eigenvalue weighted by Crippen LogP contribution is 2.16. The summed E-state index contributed by atoms with van der Waals surface area (Å²) in [6.45, 7) is 5.01. The van der Waals surface area contributed by atoms with Crippen molar-refractivity contribution < 1.29 is 4.79 Å². The predicted molar refractivity (Wildman–Crippen MR) is 129 cm³/mol. The van der Waals surface area contributed by atoms with Crippen LogP contribution in [0, 0.1) is 6.92 Å². The van der Waals surface area contributed by atoms with Gasteiger partial charge in [0.15, 0.2) is 0 Å². The Hall–Kier alpha value is -4.00. The average Bonchev–Trinajstić information content (AvgIpc) is 2.87. The number of hydrogen-bond acceptors (Lipinski definition) is 5. The molecule has 0 atom stereocenters. The SMILES string of the molecule is Cc1nc2ccccc2n(Cc2ccc(C(=O)N3CCN(c4ccccn4)CC3)cc2)c1=O.